The first-order valence-electron chi connectivity index (χ1n) is 12.7. The Bertz CT molecular complexity index is 717. The number of rotatable bonds is 7. The van der Waals surface area contributed by atoms with Crippen LogP contribution in [0.1, 0.15) is 46.0 Å². The van der Waals surface area contributed by atoms with Crippen LogP contribution >= 0.6 is 0 Å². The Kier molecular flexibility index (Phi) is 15.3. The number of allylic oxidation sites excluding steroid dienone is 1. The van der Waals surface area contributed by atoms with Gasteiger partial charge in [-0.1, -0.05) is 5.16 Å². The minimum Gasteiger partial charge on any atom is -0.659 e. The molecule has 3 aliphatic rings. The molecule has 0 aromatic rings. The van der Waals surface area contributed by atoms with Gasteiger partial charge in [0.1, 0.15) is 0 Å². The zero-order valence-corrected chi connectivity index (χ0v) is 24.8. The topological polar surface area (TPSA) is 169 Å². The summed E-state index contributed by atoms with van der Waals surface area (Å²) in [7, 11) is 0. The van der Waals surface area contributed by atoms with Crippen LogP contribution in [-0.2, 0) is 37.5 Å². The fourth-order valence-electron chi connectivity index (χ4n) is 5.00. The summed E-state index contributed by atoms with van der Waals surface area (Å²) in [5.41, 5.74) is 16.2. The van der Waals surface area contributed by atoms with Crippen LogP contribution in [0.3, 0.4) is 0 Å². The Morgan fingerprint density at radius 1 is 1.11 bits per heavy atom. The largest absolute Gasteiger partial charge is 0.659 e. The molecule has 203 valence electrons. The summed E-state index contributed by atoms with van der Waals surface area (Å²) in [6.45, 7) is 10.7. The fourth-order valence-corrected chi connectivity index (χ4v) is 5.00. The SMILES string of the molecule is CC(C)(N)C(=O)N1CC[N-]CC1.NCC1CCN(CC2CCC(N(/C=C\C=N/O)C(N)=O)CC2)C1.[Y]. The summed E-state index contributed by atoms with van der Waals surface area (Å²) in [6, 6.07) is -0.316. The third-order valence-electron chi connectivity index (χ3n) is 6.98. The van der Waals surface area contributed by atoms with Crippen molar-refractivity contribution in [2.75, 3.05) is 52.4 Å². The van der Waals surface area contributed by atoms with E-state index in [-0.39, 0.29) is 44.7 Å². The average Bonchev–Trinajstić information content (AvgIpc) is 3.30. The first-order valence-corrected chi connectivity index (χ1v) is 12.7. The summed E-state index contributed by atoms with van der Waals surface area (Å²) >= 11 is 0. The van der Waals surface area contributed by atoms with Gasteiger partial charge in [0.15, 0.2) is 0 Å². The van der Waals surface area contributed by atoms with E-state index in [9.17, 15) is 9.59 Å². The zero-order chi connectivity index (χ0) is 25.8. The van der Waals surface area contributed by atoms with Crippen molar-refractivity contribution in [1.29, 1.82) is 0 Å². The summed E-state index contributed by atoms with van der Waals surface area (Å²) in [5, 5.41) is 15.5. The molecule has 1 atom stereocenters. The monoisotopic (exact) mass is 582 g/mol. The smallest absolute Gasteiger partial charge is 0.319 e. The van der Waals surface area contributed by atoms with Gasteiger partial charge in [0.25, 0.3) is 0 Å². The van der Waals surface area contributed by atoms with Crippen molar-refractivity contribution in [2.24, 2.45) is 34.2 Å². The maximum absolute atomic E-state index is 11.6. The fraction of sp³-hybridized carbons (Fsp3) is 0.792. The second-order valence-electron chi connectivity index (χ2n) is 10.4. The molecule has 2 saturated heterocycles. The molecule has 0 aromatic heterocycles. The van der Waals surface area contributed by atoms with E-state index >= 15 is 0 Å². The van der Waals surface area contributed by atoms with Crippen molar-refractivity contribution >= 4 is 18.2 Å². The molecule has 0 spiro atoms. The summed E-state index contributed by atoms with van der Waals surface area (Å²) in [6.07, 6.45) is 9.71. The van der Waals surface area contributed by atoms with Gasteiger partial charge in [0.05, 0.1) is 11.8 Å². The van der Waals surface area contributed by atoms with Crippen LogP contribution in [0.15, 0.2) is 17.4 Å². The molecule has 3 rings (SSSR count). The van der Waals surface area contributed by atoms with E-state index < -0.39 is 11.6 Å². The van der Waals surface area contributed by atoms with Gasteiger partial charge in [-0.15, -0.1) is 13.1 Å². The van der Waals surface area contributed by atoms with Gasteiger partial charge in [-0.05, 0) is 77.0 Å². The number of carbonyl (C=O) groups is 2. The molecule has 36 heavy (non-hydrogen) atoms. The van der Waals surface area contributed by atoms with Crippen molar-refractivity contribution in [1.82, 2.24) is 14.7 Å². The first kappa shape index (κ1) is 32.9. The van der Waals surface area contributed by atoms with Gasteiger partial charge in [0.2, 0.25) is 5.91 Å². The summed E-state index contributed by atoms with van der Waals surface area (Å²) in [4.78, 5) is 29.0. The molecule has 2 aliphatic heterocycles. The molecule has 1 saturated carbocycles. The normalized spacial score (nSPS) is 25.3. The number of nitrogens with zero attached hydrogens (tertiary/aromatic N) is 5. The summed E-state index contributed by atoms with van der Waals surface area (Å²) < 4.78 is 0. The maximum atomic E-state index is 11.6. The van der Waals surface area contributed by atoms with E-state index in [1.54, 1.807) is 29.8 Å². The van der Waals surface area contributed by atoms with Crippen molar-refractivity contribution < 1.29 is 47.5 Å². The molecule has 7 N–H and O–H groups in total. The molecule has 3 fully saturated rings. The number of nitrogens with two attached hydrogens (primary N) is 3. The molecule has 1 aliphatic carbocycles. The first-order chi connectivity index (χ1) is 16.7. The molecule has 1 radical (unpaired) electrons. The molecule has 3 amide bonds. The second-order valence-corrected chi connectivity index (χ2v) is 10.4. The van der Waals surface area contributed by atoms with Crippen molar-refractivity contribution in [2.45, 2.75) is 57.5 Å². The van der Waals surface area contributed by atoms with Crippen LogP contribution in [0.2, 0.25) is 0 Å². The molecule has 1 unspecified atom stereocenters. The molecular weight excluding hydrogens is 537 g/mol. The Balaban J connectivity index is 0.000000422. The molecule has 0 bridgehead atoms. The minimum absolute atomic E-state index is 0. The van der Waals surface area contributed by atoms with Gasteiger partial charge in [-0.3, -0.25) is 9.69 Å². The van der Waals surface area contributed by atoms with Crippen LogP contribution in [0.4, 0.5) is 4.79 Å². The van der Waals surface area contributed by atoms with Gasteiger partial charge in [-0.2, -0.15) is 0 Å². The number of urea groups is 1. The number of oxime groups is 1. The van der Waals surface area contributed by atoms with E-state index in [1.807, 2.05) is 0 Å². The number of likely N-dealkylation sites (tertiary alicyclic amines) is 1. The molecule has 12 heteroatoms. The van der Waals surface area contributed by atoms with Gasteiger partial charge in [-0.25, -0.2) is 4.79 Å². The van der Waals surface area contributed by atoms with Crippen molar-refractivity contribution in [3.8, 4) is 0 Å². The number of amides is 3. The van der Waals surface area contributed by atoms with E-state index in [4.69, 9.17) is 22.4 Å². The van der Waals surface area contributed by atoms with Crippen molar-refractivity contribution in [3.05, 3.63) is 17.6 Å². The average molecular weight is 583 g/mol. The minimum atomic E-state index is -0.739. The number of piperazine rings is 1. The van der Waals surface area contributed by atoms with Crippen LogP contribution in [0.5, 0.6) is 0 Å². The standard InChI is InChI=1S/C16H29N5O2.C8H16N3O.Y/c17-10-14-6-9-20(12-14)11-13-2-4-15(5-3-13)21(16(18)22)8-1-7-19-23;1-8(2,9)7(12)11-5-3-10-4-6-11;/h1,7-8,13-15,23H,2-6,9-12,17H2,(H2,18,22);3-6,9H2,1-2H3;/q;-1;/b8-1-,19-7-;;. The van der Waals surface area contributed by atoms with Crippen molar-refractivity contribution in [3.63, 3.8) is 0 Å². The molecule has 2 heterocycles. The van der Waals surface area contributed by atoms with Crippen LogP contribution in [0.25, 0.3) is 5.32 Å². The third kappa shape index (κ3) is 11.1. The second kappa shape index (κ2) is 16.7. The summed E-state index contributed by atoms with van der Waals surface area (Å²) in [5.74, 6) is 1.38. The van der Waals surface area contributed by atoms with E-state index in [0.29, 0.717) is 11.8 Å². The van der Waals surface area contributed by atoms with Gasteiger partial charge >= 0.3 is 6.03 Å². The predicted molar refractivity (Wildman–Crippen MR) is 138 cm³/mol. The van der Waals surface area contributed by atoms with Crippen LogP contribution in [-0.4, -0.2) is 102 Å². The molecular formula is C24H45N8O3Y-. The van der Waals surface area contributed by atoms with E-state index in [2.05, 4.69) is 15.4 Å². The van der Waals surface area contributed by atoms with Gasteiger partial charge in [0, 0.05) is 71.1 Å². The molecule has 11 nitrogen and oxygen atoms in total. The number of carbonyl (C=O) groups excluding carboxylic acids is 2. The van der Waals surface area contributed by atoms with E-state index in [1.165, 1.54) is 25.3 Å². The third-order valence-corrected chi connectivity index (χ3v) is 6.98. The Morgan fingerprint density at radius 3 is 2.25 bits per heavy atom. The number of hydrogen-bond acceptors (Lipinski definition) is 7. The Morgan fingerprint density at radius 2 is 1.75 bits per heavy atom. The Labute approximate surface area is 241 Å². The van der Waals surface area contributed by atoms with E-state index in [0.717, 1.165) is 71.5 Å². The van der Waals surface area contributed by atoms with Gasteiger partial charge < -0.3 is 37.5 Å². The Hall–Kier alpha value is -1.11. The van der Waals surface area contributed by atoms with Crippen LogP contribution in [0, 0.1) is 11.8 Å². The van der Waals surface area contributed by atoms with Crippen LogP contribution < -0.4 is 17.2 Å². The predicted octanol–water partition coefficient (Wildman–Crippen LogP) is 1.12. The number of primary amides is 1. The zero-order valence-electron chi connectivity index (χ0n) is 22.0. The maximum Gasteiger partial charge on any atom is 0.319 e. The number of hydrogen-bond donors (Lipinski definition) is 4. The molecule has 0 aromatic carbocycles. The quantitative estimate of drug-likeness (QED) is 0.199.